The van der Waals surface area contributed by atoms with Crippen LogP contribution in [0.5, 0.6) is 0 Å². The van der Waals surface area contributed by atoms with E-state index in [0.717, 1.165) is 18.9 Å². The third-order valence-electron chi connectivity index (χ3n) is 2.93. The summed E-state index contributed by atoms with van der Waals surface area (Å²) in [6.45, 7) is 3.33. The fourth-order valence-corrected chi connectivity index (χ4v) is 1.98. The molecule has 0 bridgehead atoms. The monoisotopic (exact) mass is 193 g/mol. The van der Waals surface area contributed by atoms with E-state index in [1.807, 2.05) is 12.1 Å². The van der Waals surface area contributed by atoms with Gasteiger partial charge >= 0.3 is 0 Å². The summed E-state index contributed by atoms with van der Waals surface area (Å²) in [5.41, 5.74) is 1.21. The molecule has 0 aliphatic carbocycles. The first kappa shape index (κ1) is 9.66. The maximum Gasteiger partial charge on any atom is 0.123 e. The van der Waals surface area contributed by atoms with Crippen molar-refractivity contribution in [1.29, 1.82) is 0 Å². The van der Waals surface area contributed by atoms with Gasteiger partial charge in [0.05, 0.1) is 0 Å². The molecule has 1 heterocycles. The van der Waals surface area contributed by atoms with Crippen LogP contribution in [-0.2, 0) is 0 Å². The van der Waals surface area contributed by atoms with Crippen LogP contribution in [0.4, 0.5) is 4.39 Å². The minimum Gasteiger partial charge on any atom is -0.310 e. The Morgan fingerprint density at radius 3 is 2.50 bits per heavy atom. The van der Waals surface area contributed by atoms with E-state index < -0.39 is 0 Å². The maximum absolute atomic E-state index is 12.7. The normalized spacial score (nSPS) is 27.6. The Balaban J connectivity index is 2.05. The molecular weight excluding hydrogens is 177 g/mol. The molecule has 1 aromatic carbocycles. The summed E-state index contributed by atoms with van der Waals surface area (Å²) in [5, 5.41) is 3.48. The summed E-state index contributed by atoms with van der Waals surface area (Å²) in [4.78, 5) is 0. The van der Waals surface area contributed by atoms with Gasteiger partial charge in [-0.2, -0.15) is 0 Å². The summed E-state index contributed by atoms with van der Waals surface area (Å²) < 4.78 is 12.7. The van der Waals surface area contributed by atoms with Crippen LogP contribution in [0.3, 0.4) is 0 Å². The van der Waals surface area contributed by atoms with Gasteiger partial charge in [0.25, 0.3) is 0 Å². The molecule has 2 heteroatoms. The first-order valence-electron chi connectivity index (χ1n) is 5.24. The van der Waals surface area contributed by atoms with E-state index in [0.29, 0.717) is 6.04 Å². The lowest BCUT2D eigenvalue weighted by Gasteiger charge is -2.28. The fourth-order valence-electron chi connectivity index (χ4n) is 1.98. The first-order valence-corrected chi connectivity index (χ1v) is 5.24. The number of hydrogen-bond donors (Lipinski definition) is 1. The van der Waals surface area contributed by atoms with Gasteiger partial charge in [0.15, 0.2) is 0 Å². The van der Waals surface area contributed by atoms with Crippen LogP contribution < -0.4 is 5.32 Å². The summed E-state index contributed by atoms with van der Waals surface area (Å²) in [6.07, 6.45) is 2.42. The Labute approximate surface area is 84.3 Å². The van der Waals surface area contributed by atoms with E-state index in [-0.39, 0.29) is 5.82 Å². The zero-order valence-corrected chi connectivity index (χ0v) is 8.46. The van der Waals surface area contributed by atoms with Gasteiger partial charge < -0.3 is 5.32 Å². The van der Waals surface area contributed by atoms with Crippen LogP contribution in [0.15, 0.2) is 24.3 Å². The molecule has 2 rings (SSSR count). The number of hydrogen-bond acceptors (Lipinski definition) is 1. The molecule has 0 aromatic heterocycles. The van der Waals surface area contributed by atoms with Gasteiger partial charge in [0, 0.05) is 6.04 Å². The fraction of sp³-hybridized carbons (Fsp3) is 0.500. The second-order valence-corrected chi connectivity index (χ2v) is 4.19. The van der Waals surface area contributed by atoms with Gasteiger partial charge in [0.2, 0.25) is 0 Å². The second-order valence-electron chi connectivity index (χ2n) is 4.19. The molecule has 14 heavy (non-hydrogen) atoms. The quantitative estimate of drug-likeness (QED) is 0.723. The van der Waals surface area contributed by atoms with Crippen molar-refractivity contribution in [1.82, 2.24) is 5.32 Å². The van der Waals surface area contributed by atoms with Crippen LogP contribution in [0.2, 0.25) is 0 Å². The van der Waals surface area contributed by atoms with E-state index >= 15 is 0 Å². The summed E-state index contributed by atoms with van der Waals surface area (Å²) in [6, 6.07) is 7.25. The largest absolute Gasteiger partial charge is 0.310 e. The highest BCUT2D eigenvalue weighted by atomic mass is 19.1. The van der Waals surface area contributed by atoms with E-state index in [1.165, 1.54) is 24.1 Å². The molecule has 0 saturated carbocycles. The van der Waals surface area contributed by atoms with Crippen molar-refractivity contribution in [2.45, 2.75) is 25.8 Å². The molecule has 1 saturated heterocycles. The van der Waals surface area contributed by atoms with Crippen molar-refractivity contribution < 1.29 is 4.39 Å². The number of benzene rings is 1. The topological polar surface area (TPSA) is 12.0 Å². The maximum atomic E-state index is 12.7. The van der Waals surface area contributed by atoms with E-state index in [9.17, 15) is 4.39 Å². The van der Waals surface area contributed by atoms with E-state index in [2.05, 4.69) is 12.2 Å². The van der Waals surface area contributed by atoms with Crippen molar-refractivity contribution in [3.8, 4) is 0 Å². The number of nitrogens with one attached hydrogen (secondary N) is 1. The molecule has 1 aliphatic rings. The molecule has 0 amide bonds. The number of halogens is 1. The van der Waals surface area contributed by atoms with E-state index in [4.69, 9.17) is 0 Å². The number of rotatable bonds is 1. The highest BCUT2D eigenvalue weighted by Crippen LogP contribution is 2.25. The Bertz CT molecular complexity index is 286. The van der Waals surface area contributed by atoms with Crippen LogP contribution >= 0.6 is 0 Å². The molecule has 1 fully saturated rings. The van der Waals surface area contributed by atoms with E-state index in [1.54, 1.807) is 0 Å². The third-order valence-corrected chi connectivity index (χ3v) is 2.93. The third kappa shape index (κ3) is 2.13. The summed E-state index contributed by atoms with van der Waals surface area (Å²) >= 11 is 0. The van der Waals surface area contributed by atoms with Gasteiger partial charge in [-0.3, -0.25) is 0 Å². The Morgan fingerprint density at radius 1 is 1.21 bits per heavy atom. The molecule has 1 nitrogen and oxygen atoms in total. The van der Waals surface area contributed by atoms with Gasteiger partial charge in [0.1, 0.15) is 5.82 Å². The molecule has 2 atom stereocenters. The molecule has 0 unspecified atom stereocenters. The van der Waals surface area contributed by atoms with Crippen molar-refractivity contribution in [3.63, 3.8) is 0 Å². The average molecular weight is 193 g/mol. The van der Waals surface area contributed by atoms with Crippen molar-refractivity contribution >= 4 is 0 Å². The van der Waals surface area contributed by atoms with Gasteiger partial charge in [-0.1, -0.05) is 19.1 Å². The van der Waals surface area contributed by atoms with Crippen LogP contribution in [0, 0.1) is 11.7 Å². The lowest BCUT2D eigenvalue weighted by Crippen LogP contribution is -2.31. The molecule has 76 valence electrons. The minimum absolute atomic E-state index is 0.155. The van der Waals surface area contributed by atoms with Gasteiger partial charge in [-0.05, 0) is 43.0 Å². The van der Waals surface area contributed by atoms with Crippen LogP contribution in [0.25, 0.3) is 0 Å². The predicted octanol–water partition coefficient (Wildman–Crippen LogP) is 2.89. The smallest absolute Gasteiger partial charge is 0.123 e. The highest BCUT2D eigenvalue weighted by molar-refractivity contribution is 5.20. The lowest BCUT2D eigenvalue weighted by molar-refractivity contribution is 0.333. The van der Waals surface area contributed by atoms with Crippen molar-refractivity contribution in [3.05, 3.63) is 35.6 Å². The second kappa shape index (κ2) is 4.09. The summed E-state index contributed by atoms with van der Waals surface area (Å²) in [5.74, 6) is 0.615. The molecule has 1 aliphatic heterocycles. The zero-order chi connectivity index (χ0) is 9.97. The molecule has 1 aromatic rings. The Morgan fingerprint density at radius 2 is 1.93 bits per heavy atom. The zero-order valence-electron chi connectivity index (χ0n) is 8.46. The first-order chi connectivity index (χ1) is 6.75. The van der Waals surface area contributed by atoms with Crippen LogP contribution in [0.1, 0.15) is 31.4 Å². The standard InChI is InChI=1S/C12H16FN/c1-9-2-7-12(14-8-9)10-3-5-11(13)6-4-10/h3-6,9,12,14H,2,7-8H2,1H3/t9-,12+/m0/s1. The molecule has 0 spiro atoms. The SMILES string of the molecule is C[C@H]1CC[C@H](c2ccc(F)cc2)NC1. The Kier molecular flexibility index (Phi) is 2.82. The highest BCUT2D eigenvalue weighted by Gasteiger charge is 2.18. The molecule has 1 N–H and O–H groups in total. The molecular formula is C12H16FN. The lowest BCUT2D eigenvalue weighted by atomic mass is 9.92. The van der Waals surface area contributed by atoms with Gasteiger partial charge in [-0.25, -0.2) is 4.39 Å². The van der Waals surface area contributed by atoms with Crippen molar-refractivity contribution in [2.24, 2.45) is 5.92 Å². The minimum atomic E-state index is -0.155. The van der Waals surface area contributed by atoms with Gasteiger partial charge in [-0.15, -0.1) is 0 Å². The van der Waals surface area contributed by atoms with Crippen molar-refractivity contribution in [2.75, 3.05) is 6.54 Å². The summed E-state index contributed by atoms with van der Waals surface area (Å²) in [7, 11) is 0. The Hall–Kier alpha value is -0.890. The average Bonchev–Trinajstić information content (AvgIpc) is 2.21. The number of piperidine rings is 1. The molecule has 0 radical (unpaired) electrons. The predicted molar refractivity (Wildman–Crippen MR) is 55.5 cm³/mol. The van der Waals surface area contributed by atoms with Crippen LogP contribution in [-0.4, -0.2) is 6.54 Å².